The fraction of sp³-hybridized carbons (Fsp3) is 0.312. The minimum atomic E-state index is -1.38. The van der Waals surface area contributed by atoms with Crippen LogP contribution in [0, 0.1) is 0 Å². The van der Waals surface area contributed by atoms with Gasteiger partial charge in [0.2, 0.25) is 5.91 Å². The molecule has 0 aliphatic rings. The Bertz CT molecular complexity index is 700. The maximum atomic E-state index is 12.5. The van der Waals surface area contributed by atoms with Crippen LogP contribution in [-0.4, -0.2) is 63.0 Å². The lowest BCUT2D eigenvalue weighted by Crippen LogP contribution is -2.39. The van der Waals surface area contributed by atoms with Gasteiger partial charge in [-0.15, -0.1) is 0 Å². The molecule has 0 bridgehead atoms. The Morgan fingerprint density at radius 3 is 1.96 bits per heavy atom. The molecule has 0 unspecified atom stereocenters. The monoisotopic (exact) mass is 366 g/mol. The van der Waals surface area contributed by atoms with Gasteiger partial charge in [0.05, 0.1) is 11.3 Å². The van der Waals surface area contributed by atoms with Crippen LogP contribution in [0.15, 0.2) is 24.3 Å². The number of nitrogens with one attached hydrogen (secondary N) is 1. The van der Waals surface area contributed by atoms with Crippen LogP contribution in [0.1, 0.15) is 29.6 Å². The van der Waals surface area contributed by atoms with Crippen molar-refractivity contribution in [2.75, 3.05) is 18.4 Å². The van der Waals surface area contributed by atoms with E-state index < -0.39 is 42.8 Å². The third-order valence-electron chi connectivity index (χ3n) is 3.17. The SMILES string of the molecule is O=C(O)CCCC(=O)Nc1ccccc1C(=O)N(CC(=O)O)CC(=O)O. The van der Waals surface area contributed by atoms with Gasteiger partial charge in [0.1, 0.15) is 13.1 Å². The topological polar surface area (TPSA) is 161 Å². The first-order valence-electron chi connectivity index (χ1n) is 7.54. The summed E-state index contributed by atoms with van der Waals surface area (Å²) in [6, 6.07) is 5.74. The predicted molar refractivity (Wildman–Crippen MR) is 87.7 cm³/mol. The largest absolute Gasteiger partial charge is 0.481 e. The number of carboxylic acids is 3. The second-order valence-electron chi connectivity index (χ2n) is 5.29. The van der Waals surface area contributed by atoms with Crippen molar-refractivity contribution in [2.24, 2.45) is 0 Å². The standard InChI is InChI=1S/C16H18N2O8/c19-12(6-3-7-13(20)21)17-11-5-2-1-4-10(11)16(26)18(8-14(22)23)9-15(24)25/h1-2,4-5H,3,6-9H2,(H,17,19)(H,20,21)(H,22,23)(H,24,25). The van der Waals surface area contributed by atoms with E-state index in [1.807, 2.05) is 0 Å². The molecule has 0 radical (unpaired) electrons. The van der Waals surface area contributed by atoms with Crippen LogP contribution in [0.5, 0.6) is 0 Å². The van der Waals surface area contributed by atoms with Crippen LogP contribution >= 0.6 is 0 Å². The molecule has 0 saturated heterocycles. The fourth-order valence-corrected chi connectivity index (χ4v) is 2.09. The minimum Gasteiger partial charge on any atom is -0.481 e. The highest BCUT2D eigenvalue weighted by Gasteiger charge is 2.23. The summed E-state index contributed by atoms with van der Waals surface area (Å²) in [4.78, 5) is 57.2. The van der Waals surface area contributed by atoms with E-state index in [0.717, 1.165) is 0 Å². The summed E-state index contributed by atoms with van der Waals surface area (Å²) >= 11 is 0. The molecule has 2 amide bonds. The number of amides is 2. The summed E-state index contributed by atoms with van der Waals surface area (Å²) in [6.45, 7) is -1.63. The Morgan fingerprint density at radius 2 is 1.42 bits per heavy atom. The van der Waals surface area contributed by atoms with Crippen molar-refractivity contribution < 1.29 is 39.3 Å². The normalized spacial score (nSPS) is 10.0. The van der Waals surface area contributed by atoms with Crippen LogP contribution in [0.25, 0.3) is 0 Å². The average Bonchev–Trinajstić information content (AvgIpc) is 2.53. The van der Waals surface area contributed by atoms with Crippen LogP contribution in [0.4, 0.5) is 5.69 Å². The lowest BCUT2D eigenvalue weighted by molar-refractivity contribution is -0.141. The number of para-hydroxylation sites is 1. The van der Waals surface area contributed by atoms with E-state index in [-0.39, 0.29) is 30.5 Å². The molecule has 26 heavy (non-hydrogen) atoms. The first kappa shape index (κ1) is 20.6. The zero-order chi connectivity index (χ0) is 19.7. The van der Waals surface area contributed by atoms with Crippen molar-refractivity contribution in [3.8, 4) is 0 Å². The number of rotatable bonds is 10. The molecule has 1 aromatic rings. The molecule has 0 fully saturated rings. The summed E-state index contributed by atoms with van der Waals surface area (Å²) in [7, 11) is 0. The van der Waals surface area contributed by atoms with E-state index in [2.05, 4.69) is 5.32 Å². The van der Waals surface area contributed by atoms with Crippen LogP contribution < -0.4 is 5.32 Å². The number of carboxylic acid groups (broad SMARTS) is 3. The summed E-state index contributed by atoms with van der Waals surface area (Å²) in [5, 5.41) is 28.7. The molecule has 140 valence electrons. The van der Waals surface area contributed by atoms with E-state index in [4.69, 9.17) is 15.3 Å². The Labute approximate surface area is 148 Å². The van der Waals surface area contributed by atoms with E-state index in [1.54, 1.807) is 0 Å². The van der Waals surface area contributed by atoms with Gasteiger partial charge in [-0.1, -0.05) is 12.1 Å². The number of hydrogen-bond donors (Lipinski definition) is 4. The molecule has 0 aliphatic carbocycles. The molecule has 0 aliphatic heterocycles. The summed E-state index contributed by atoms with van der Waals surface area (Å²) in [6.07, 6.45) is -0.150. The van der Waals surface area contributed by atoms with Gasteiger partial charge in [-0.2, -0.15) is 0 Å². The highest BCUT2D eigenvalue weighted by atomic mass is 16.4. The highest BCUT2D eigenvalue weighted by Crippen LogP contribution is 2.18. The van der Waals surface area contributed by atoms with Gasteiger partial charge in [-0.3, -0.25) is 24.0 Å². The molecular formula is C16H18N2O8. The van der Waals surface area contributed by atoms with Crippen molar-refractivity contribution in [3.63, 3.8) is 0 Å². The third kappa shape index (κ3) is 6.99. The second kappa shape index (κ2) is 9.77. The average molecular weight is 366 g/mol. The highest BCUT2D eigenvalue weighted by molar-refractivity contribution is 6.05. The van der Waals surface area contributed by atoms with Crippen LogP contribution in [0.3, 0.4) is 0 Å². The third-order valence-corrected chi connectivity index (χ3v) is 3.17. The van der Waals surface area contributed by atoms with Gasteiger partial charge in [-0.05, 0) is 18.6 Å². The van der Waals surface area contributed by atoms with Crippen molar-refractivity contribution in [1.29, 1.82) is 0 Å². The predicted octanol–water partition coefficient (Wildman–Crippen LogP) is 0.491. The lowest BCUT2D eigenvalue weighted by atomic mass is 10.1. The van der Waals surface area contributed by atoms with E-state index >= 15 is 0 Å². The Balaban J connectivity index is 2.93. The van der Waals surface area contributed by atoms with E-state index in [1.165, 1.54) is 24.3 Å². The molecule has 1 rings (SSSR count). The van der Waals surface area contributed by atoms with Crippen molar-refractivity contribution in [1.82, 2.24) is 4.90 Å². The number of nitrogens with zero attached hydrogens (tertiary/aromatic N) is 1. The Hall–Kier alpha value is -3.43. The molecule has 0 spiro atoms. The van der Waals surface area contributed by atoms with E-state index in [9.17, 15) is 24.0 Å². The molecule has 10 nitrogen and oxygen atoms in total. The van der Waals surface area contributed by atoms with Crippen molar-refractivity contribution in [2.45, 2.75) is 19.3 Å². The van der Waals surface area contributed by atoms with Gasteiger partial charge in [0.15, 0.2) is 0 Å². The van der Waals surface area contributed by atoms with Crippen LogP contribution in [0.2, 0.25) is 0 Å². The maximum Gasteiger partial charge on any atom is 0.323 e. The summed E-state index contributed by atoms with van der Waals surface area (Å²) in [5.41, 5.74) is 0.0141. The summed E-state index contributed by atoms with van der Waals surface area (Å²) < 4.78 is 0. The van der Waals surface area contributed by atoms with Gasteiger partial charge in [-0.25, -0.2) is 0 Å². The fourth-order valence-electron chi connectivity index (χ4n) is 2.09. The molecule has 4 N–H and O–H groups in total. The first-order valence-corrected chi connectivity index (χ1v) is 7.54. The summed E-state index contributed by atoms with van der Waals surface area (Å²) in [5.74, 6) is -5.18. The van der Waals surface area contributed by atoms with Gasteiger partial charge in [0, 0.05) is 12.8 Å². The smallest absolute Gasteiger partial charge is 0.323 e. The van der Waals surface area contributed by atoms with Crippen LogP contribution in [-0.2, 0) is 19.2 Å². The second-order valence-corrected chi connectivity index (χ2v) is 5.29. The van der Waals surface area contributed by atoms with Gasteiger partial charge < -0.3 is 25.5 Å². The minimum absolute atomic E-state index is 0.0680. The Kier molecular flexibility index (Phi) is 7.74. The molecule has 1 aromatic carbocycles. The maximum absolute atomic E-state index is 12.5. The Morgan fingerprint density at radius 1 is 0.846 bits per heavy atom. The van der Waals surface area contributed by atoms with Crippen molar-refractivity contribution >= 4 is 35.4 Å². The molecular weight excluding hydrogens is 348 g/mol. The number of carbonyl (C=O) groups excluding carboxylic acids is 2. The molecule has 0 heterocycles. The lowest BCUT2D eigenvalue weighted by Gasteiger charge is -2.20. The number of benzene rings is 1. The zero-order valence-electron chi connectivity index (χ0n) is 13.7. The molecule has 0 saturated carbocycles. The number of carbonyl (C=O) groups is 5. The number of aliphatic carboxylic acids is 3. The number of anilines is 1. The van der Waals surface area contributed by atoms with E-state index in [0.29, 0.717) is 4.90 Å². The number of hydrogen-bond acceptors (Lipinski definition) is 5. The van der Waals surface area contributed by atoms with Crippen molar-refractivity contribution in [3.05, 3.63) is 29.8 Å². The van der Waals surface area contributed by atoms with Gasteiger partial charge in [0.25, 0.3) is 5.91 Å². The molecule has 10 heteroatoms. The first-order chi connectivity index (χ1) is 12.2. The quantitative estimate of drug-likeness (QED) is 0.465. The molecule has 0 atom stereocenters. The van der Waals surface area contributed by atoms with Gasteiger partial charge >= 0.3 is 17.9 Å². The zero-order valence-corrected chi connectivity index (χ0v) is 13.7. The molecule has 0 aromatic heterocycles.